The van der Waals surface area contributed by atoms with Gasteiger partial charge in [-0.25, -0.2) is 0 Å². The Morgan fingerprint density at radius 1 is 1.29 bits per heavy atom. The number of hydrogen-bond acceptors (Lipinski definition) is 2. The predicted octanol–water partition coefficient (Wildman–Crippen LogP) is 2.52. The Balaban J connectivity index is 2.29. The largest absolute Gasteiger partial charge is 0.358 e. The number of carbonyl (C=O) groups is 1. The summed E-state index contributed by atoms with van der Waals surface area (Å²) in [7, 11) is 3.79. The Morgan fingerprint density at radius 3 is 2.62 bits per heavy atom. The summed E-state index contributed by atoms with van der Waals surface area (Å²) in [4.78, 5) is 17.2. The second kappa shape index (κ2) is 6.31. The first-order valence-electron chi connectivity index (χ1n) is 7.44. The molecular weight excluding hydrogens is 262 g/mol. The molecule has 4 heteroatoms. The first-order valence-corrected chi connectivity index (χ1v) is 7.44. The van der Waals surface area contributed by atoms with Crippen LogP contribution in [0.5, 0.6) is 0 Å². The number of rotatable bonds is 5. The van der Waals surface area contributed by atoms with Crippen molar-refractivity contribution in [3.63, 3.8) is 0 Å². The van der Waals surface area contributed by atoms with Crippen LogP contribution >= 0.6 is 0 Å². The lowest BCUT2D eigenvalue weighted by Crippen LogP contribution is -2.32. The van der Waals surface area contributed by atoms with E-state index < -0.39 is 0 Å². The third kappa shape index (κ3) is 3.45. The van der Waals surface area contributed by atoms with Crippen LogP contribution < -0.4 is 5.32 Å². The average Bonchev–Trinajstić information content (AvgIpc) is 2.72. The van der Waals surface area contributed by atoms with Crippen LogP contribution in [0.2, 0.25) is 0 Å². The van der Waals surface area contributed by atoms with E-state index in [1.807, 2.05) is 19.0 Å². The molecule has 0 bridgehead atoms. The Morgan fingerprint density at radius 2 is 2.00 bits per heavy atom. The van der Waals surface area contributed by atoms with Crippen molar-refractivity contribution in [1.82, 2.24) is 15.2 Å². The molecule has 4 nitrogen and oxygen atoms in total. The molecule has 2 rings (SSSR count). The van der Waals surface area contributed by atoms with Crippen LogP contribution in [0.25, 0.3) is 10.9 Å². The van der Waals surface area contributed by atoms with Gasteiger partial charge in [-0.05, 0) is 51.6 Å². The number of fused-ring (bicyclic) bond motifs is 1. The summed E-state index contributed by atoms with van der Waals surface area (Å²) in [6.45, 7) is 7.39. The number of carbonyl (C=O) groups excluding carboxylic acids is 1. The molecule has 0 atom stereocenters. The van der Waals surface area contributed by atoms with Gasteiger partial charge in [0.25, 0.3) is 0 Å². The summed E-state index contributed by atoms with van der Waals surface area (Å²) in [6.07, 6.45) is 0.992. The maximum absolute atomic E-state index is 11.8. The lowest BCUT2D eigenvalue weighted by molar-refractivity contribution is -0.121. The SMILES string of the molecule is CCc1[nH]c2c(CNC(=O)CN(C)C)cc(C)cc2c1C. The van der Waals surface area contributed by atoms with Crippen LogP contribution in [0.1, 0.15) is 29.3 Å². The summed E-state index contributed by atoms with van der Waals surface area (Å²) in [5, 5.41) is 4.26. The third-order valence-corrected chi connectivity index (χ3v) is 3.79. The van der Waals surface area contributed by atoms with Gasteiger partial charge in [-0.15, -0.1) is 0 Å². The van der Waals surface area contributed by atoms with Gasteiger partial charge in [-0.1, -0.05) is 18.6 Å². The van der Waals surface area contributed by atoms with Crippen molar-refractivity contribution >= 4 is 16.8 Å². The minimum absolute atomic E-state index is 0.0497. The van der Waals surface area contributed by atoms with Crippen LogP contribution in [0.15, 0.2) is 12.1 Å². The Labute approximate surface area is 126 Å². The van der Waals surface area contributed by atoms with E-state index in [1.54, 1.807) is 0 Å². The minimum Gasteiger partial charge on any atom is -0.358 e. The molecule has 0 spiro atoms. The highest BCUT2D eigenvalue weighted by molar-refractivity contribution is 5.88. The van der Waals surface area contributed by atoms with E-state index in [9.17, 15) is 4.79 Å². The van der Waals surface area contributed by atoms with Crippen molar-refractivity contribution in [3.8, 4) is 0 Å². The first-order chi connectivity index (χ1) is 9.92. The lowest BCUT2D eigenvalue weighted by atomic mass is 10.0. The van der Waals surface area contributed by atoms with Crippen LogP contribution in [0, 0.1) is 13.8 Å². The van der Waals surface area contributed by atoms with E-state index in [-0.39, 0.29) is 5.91 Å². The molecule has 0 aliphatic rings. The van der Waals surface area contributed by atoms with E-state index >= 15 is 0 Å². The molecule has 2 aromatic rings. The van der Waals surface area contributed by atoms with E-state index in [1.165, 1.54) is 22.2 Å². The van der Waals surface area contributed by atoms with Gasteiger partial charge in [0.15, 0.2) is 0 Å². The van der Waals surface area contributed by atoms with Crippen LogP contribution in [-0.4, -0.2) is 36.4 Å². The number of nitrogens with zero attached hydrogens (tertiary/aromatic N) is 1. The van der Waals surface area contributed by atoms with Crippen molar-refractivity contribution < 1.29 is 4.79 Å². The van der Waals surface area contributed by atoms with Gasteiger partial charge in [0.1, 0.15) is 0 Å². The molecule has 0 fully saturated rings. The minimum atomic E-state index is 0.0497. The molecule has 114 valence electrons. The van der Waals surface area contributed by atoms with E-state index in [2.05, 4.69) is 43.2 Å². The molecule has 0 saturated heterocycles. The number of hydrogen-bond donors (Lipinski definition) is 2. The molecule has 1 heterocycles. The predicted molar refractivity (Wildman–Crippen MR) is 87.6 cm³/mol. The molecule has 1 amide bonds. The van der Waals surface area contributed by atoms with Crippen LogP contribution in [0.3, 0.4) is 0 Å². The normalized spacial score (nSPS) is 11.3. The summed E-state index contributed by atoms with van der Waals surface area (Å²) >= 11 is 0. The molecule has 0 aliphatic carbocycles. The van der Waals surface area contributed by atoms with Crippen molar-refractivity contribution in [2.45, 2.75) is 33.7 Å². The van der Waals surface area contributed by atoms with E-state index in [0.29, 0.717) is 13.1 Å². The van der Waals surface area contributed by atoms with Crippen molar-refractivity contribution in [1.29, 1.82) is 0 Å². The maximum atomic E-state index is 11.8. The quantitative estimate of drug-likeness (QED) is 0.888. The number of likely N-dealkylation sites (N-methyl/N-ethyl adjacent to an activating group) is 1. The summed E-state index contributed by atoms with van der Waals surface area (Å²) in [5.74, 6) is 0.0497. The fourth-order valence-electron chi connectivity index (χ4n) is 2.74. The second-order valence-corrected chi connectivity index (χ2v) is 5.94. The van der Waals surface area contributed by atoms with Crippen molar-refractivity contribution in [3.05, 3.63) is 34.5 Å². The highest BCUT2D eigenvalue weighted by Gasteiger charge is 2.11. The molecule has 0 saturated carbocycles. The molecule has 1 aromatic carbocycles. The Bertz CT molecular complexity index is 656. The maximum Gasteiger partial charge on any atom is 0.234 e. The Hall–Kier alpha value is -1.81. The van der Waals surface area contributed by atoms with E-state index in [0.717, 1.165) is 17.5 Å². The van der Waals surface area contributed by atoms with Gasteiger partial charge in [0.2, 0.25) is 5.91 Å². The van der Waals surface area contributed by atoms with Gasteiger partial charge < -0.3 is 15.2 Å². The van der Waals surface area contributed by atoms with Crippen LogP contribution in [-0.2, 0) is 17.8 Å². The van der Waals surface area contributed by atoms with Gasteiger partial charge in [-0.2, -0.15) is 0 Å². The Kier molecular flexibility index (Phi) is 4.68. The molecule has 0 aliphatic heterocycles. The molecule has 0 radical (unpaired) electrons. The summed E-state index contributed by atoms with van der Waals surface area (Å²) < 4.78 is 0. The highest BCUT2D eigenvalue weighted by Crippen LogP contribution is 2.26. The second-order valence-electron chi connectivity index (χ2n) is 5.94. The number of aromatic amines is 1. The number of aromatic nitrogens is 1. The summed E-state index contributed by atoms with van der Waals surface area (Å²) in [5.41, 5.74) is 6.12. The molecular formula is C17H25N3O. The number of amides is 1. The monoisotopic (exact) mass is 287 g/mol. The van der Waals surface area contributed by atoms with Gasteiger partial charge in [0.05, 0.1) is 12.1 Å². The topological polar surface area (TPSA) is 48.1 Å². The smallest absolute Gasteiger partial charge is 0.234 e. The first kappa shape index (κ1) is 15.6. The fraction of sp³-hybridized carbons (Fsp3) is 0.471. The average molecular weight is 287 g/mol. The van der Waals surface area contributed by atoms with Gasteiger partial charge in [-0.3, -0.25) is 4.79 Å². The lowest BCUT2D eigenvalue weighted by Gasteiger charge is -2.11. The summed E-state index contributed by atoms with van der Waals surface area (Å²) in [6, 6.07) is 4.36. The van der Waals surface area contributed by atoms with Crippen molar-refractivity contribution in [2.24, 2.45) is 0 Å². The van der Waals surface area contributed by atoms with Crippen LogP contribution in [0.4, 0.5) is 0 Å². The molecule has 1 aromatic heterocycles. The fourth-order valence-corrected chi connectivity index (χ4v) is 2.74. The van der Waals surface area contributed by atoms with E-state index in [4.69, 9.17) is 0 Å². The number of nitrogens with one attached hydrogen (secondary N) is 2. The molecule has 2 N–H and O–H groups in total. The van der Waals surface area contributed by atoms with Gasteiger partial charge in [0, 0.05) is 17.6 Å². The number of aryl methyl sites for hydroxylation is 3. The molecule has 21 heavy (non-hydrogen) atoms. The number of benzene rings is 1. The zero-order valence-electron chi connectivity index (χ0n) is 13.6. The third-order valence-electron chi connectivity index (χ3n) is 3.79. The zero-order valence-corrected chi connectivity index (χ0v) is 13.6. The van der Waals surface area contributed by atoms with Gasteiger partial charge >= 0.3 is 0 Å². The highest BCUT2D eigenvalue weighted by atomic mass is 16.1. The standard InChI is InChI=1S/C17H25N3O/c1-6-15-12(3)14-8-11(2)7-13(17(14)19-15)9-18-16(21)10-20(4)5/h7-8,19H,6,9-10H2,1-5H3,(H,18,21). The number of H-pyrrole nitrogens is 1. The zero-order chi connectivity index (χ0) is 15.6. The molecule has 0 unspecified atom stereocenters. The van der Waals surface area contributed by atoms with Crippen molar-refractivity contribution in [2.75, 3.05) is 20.6 Å².